The molecule has 0 aliphatic carbocycles. The lowest BCUT2D eigenvalue weighted by Gasteiger charge is -2.16. The van der Waals surface area contributed by atoms with E-state index < -0.39 is 0 Å². The molecule has 148 valence electrons. The van der Waals surface area contributed by atoms with E-state index in [0.717, 1.165) is 18.8 Å². The fourth-order valence-electron chi connectivity index (χ4n) is 3.35. The summed E-state index contributed by atoms with van der Waals surface area (Å²) in [7, 11) is 0. The highest BCUT2D eigenvalue weighted by Crippen LogP contribution is 2.23. The molecule has 4 heteroatoms. The number of nitrogens with one attached hydrogen (secondary N) is 1. The van der Waals surface area contributed by atoms with Crippen LogP contribution in [0, 0.1) is 10.8 Å². The van der Waals surface area contributed by atoms with Crippen LogP contribution in [0.3, 0.4) is 0 Å². The van der Waals surface area contributed by atoms with Crippen molar-refractivity contribution in [1.29, 1.82) is 0 Å². The second-order valence-electron chi connectivity index (χ2n) is 7.37. The summed E-state index contributed by atoms with van der Waals surface area (Å²) in [5, 5.41) is 5.44. The molecule has 0 spiro atoms. The maximum atomic E-state index is 11.5. The SMILES string of the molecule is CCCCC(CCCC)CCCCCCCCCC(=O)NCCN=O. The zero-order valence-electron chi connectivity index (χ0n) is 16.9. The summed E-state index contributed by atoms with van der Waals surface area (Å²) in [6.07, 6.45) is 19.0. The first kappa shape index (κ1) is 24.1. The third-order valence-corrected chi connectivity index (χ3v) is 4.97. The molecule has 0 rings (SSSR count). The van der Waals surface area contributed by atoms with Crippen LogP contribution in [0.25, 0.3) is 0 Å². The Bertz CT molecular complexity index is 300. The van der Waals surface area contributed by atoms with E-state index in [4.69, 9.17) is 0 Å². The number of rotatable bonds is 19. The van der Waals surface area contributed by atoms with Crippen molar-refractivity contribution in [3.05, 3.63) is 4.91 Å². The van der Waals surface area contributed by atoms with Crippen LogP contribution in [-0.4, -0.2) is 19.0 Å². The van der Waals surface area contributed by atoms with Gasteiger partial charge >= 0.3 is 0 Å². The summed E-state index contributed by atoms with van der Waals surface area (Å²) in [5.41, 5.74) is 0. The largest absolute Gasteiger partial charge is 0.354 e. The van der Waals surface area contributed by atoms with E-state index in [1.54, 1.807) is 0 Å². The second kappa shape index (κ2) is 19.4. The highest BCUT2D eigenvalue weighted by molar-refractivity contribution is 5.75. The molecule has 0 atom stereocenters. The van der Waals surface area contributed by atoms with Crippen LogP contribution in [0.15, 0.2) is 5.18 Å². The third kappa shape index (κ3) is 17.7. The van der Waals surface area contributed by atoms with Gasteiger partial charge < -0.3 is 5.32 Å². The van der Waals surface area contributed by atoms with E-state index >= 15 is 0 Å². The zero-order chi connectivity index (χ0) is 18.6. The molecule has 1 N–H and O–H groups in total. The molecule has 0 aromatic rings. The first-order valence-corrected chi connectivity index (χ1v) is 10.8. The average Bonchev–Trinajstić information content (AvgIpc) is 2.62. The van der Waals surface area contributed by atoms with Crippen LogP contribution in [0.1, 0.15) is 110 Å². The van der Waals surface area contributed by atoms with Crippen LogP contribution < -0.4 is 5.32 Å². The van der Waals surface area contributed by atoms with Gasteiger partial charge in [0.05, 0.1) is 6.54 Å². The normalized spacial score (nSPS) is 11.0. The number of hydrogen-bond donors (Lipinski definition) is 1. The molecule has 4 nitrogen and oxygen atoms in total. The Morgan fingerprint density at radius 3 is 1.88 bits per heavy atom. The van der Waals surface area contributed by atoms with Crippen molar-refractivity contribution in [2.75, 3.05) is 13.1 Å². The molecule has 1 amide bonds. The molecular formula is C21H42N2O2. The highest BCUT2D eigenvalue weighted by Gasteiger charge is 2.07. The molecule has 0 unspecified atom stereocenters. The van der Waals surface area contributed by atoms with Crippen LogP contribution in [0.2, 0.25) is 0 Å². The van der Waals surface area contributed by atoms with E-state index in [0.29, 0.717) is 13.0 Å². The van der Waals surface area contributed by atoms with Crippen LogP contribution in [-0.2, 0) is 4.79 Å². The number of amides is 1. The van der Waals surface area contributed by atoms with E-state index in [-0.39, 0.29) is 12.5 Å². The van der Waals surface area contributed by atoms with Crippen LogP contribution in [0.5, 0.6) is 0 Å². The van der Waals surface area contributed by atoms with Crippen molar-refractivity contribution in [2.24, 2.45) is 11.1 Å². The molecular weight excluding hydrogens is 312 g/mol. The maximum absolute atomic E-state index is 11.5. The molecule has 25 heavy (non-hydrogen) atoms. The Morgan fingerprint density at radius 1 is 0.800 bits per heavy atom. The van der Waals surface area contributed by atoms with Gasteiger partial charge in [-0.3, -0.25) is 4.79 Å². The van der Waals surface area contributed by atoms with E-state index in [9.17, 15) is 9.70 Å². The summed E-state index contributed by atoms with van der Waals surface area (Å²) in [5.74, 6) is 1.02. The molecule has 0 saturated carbocycles. The average molecular weight is 355 g/mol. The van der Waals surface area contributed by atoms with Crippen molar-refractivity contribution in [3.8, 4) is 0 Å². The van der Waals surface area contributed by atoms with Gasteiger partial charge in [-0.15, -0.1) is 0 Å². The van der Waals surface area contributed by atoms with Crippen molar-refractivity contribution in [2.45, 2.75) is 110 Å². The smallest absolute Gasteiger partial charge is 0.220 e. The lowest BCUT2D eigenvalue weighted by Crippen LogP contribution is -2.25. The number of hydrogen-bond acceptors (Lipinski definition) is 3. The first-order valence-electron chi connectivity index (χ1n) is 10.8. The Labute approximate surface area is 155 Å². The Kier molecular flexibility index (Phi) is 18.7. The molecule has 0 aromatic carbocycles. The van der Waals surface area contributed by atoms with Crippen molar-refractivity contribution in [3.63, 3.8) is 0 Å². The summed E-state index contributed by atoms with van der Waals surface area (Å²) in [6, 6.07) is 0. The van der Waals surface area contributed by atoms with E-state index in [1.807, 2.05) is 0 Å². The molecule has 0 heterocycles. The first-order chi connectivity index (χ1) is 12.2. The zero-order valence-corrected chi connectivity index (χ0v) is 16.9. The van der Waals surface area contributed by atoms with E-state index in [2.05, 4.69) is 24.3 Å². The Hall–Kier alpha value is -0.930. The van der Waals surface area contributed by atoms with Gasteiger partial charge in [-0.2, -0.15) is 4.91 Å². The van der Waals surface area contributed by atoms with Gasteiger partial charge in [-0.1, -0.05) is 102 Å². The minimum atomic E-state index is 0.0499. The van der Waals surface area contributed by atoms with Gasteiger partial charge in [0.1, 0.15) is 0 Å². The molecule has 0 fully saturated rings. The molecule has 0 bridgehead atoms. The second-order valence-corrected chi connectivity index (χ2v) is 7.37. The van der Waals surface area contributed by atoms with Gasteiger partial charge in [0.15, 0.2) is 0 Å². The number of carbonyl (C=O) groups excluding carboxylic acids is 1. The summed E-state index contributed by atoms with van der Waals surface area (Å²) >= 11 is 0. The van der Waals surface area contributed by atoms with Gasteiger partial charge in [-0.25, -0.2) is 0 Å². The maximum Gasteiger partial charge on any atom is 0.220 e. The topological polar surface area (TPSA) is 58.5 Å². The number of carbonyl (C=O) groups is 1. The lowest BCUT2D eigenvalue weighted by molar-refractivity contribution is -0.121. The monoisotopic (exact) mass is 354 g/mol. The number of unbranched alkanes of at least 4 members (excludes halogenated alkanes) is 8. The van der Waals surface area contributed by atoms with Crippen molar-refractivity contribution in [1.82, 2.24) is 5.32 Å². The van der Waals surface area contributed by atoms with Crippen LogP contribution >= 0.6 is 0 Å². The van der Waals surface area contributed by atoms with E-state index in [1.165, 1.54) is 77.0 Å². The molecule has 0 radical (unpaired) electrons. The van der Waals surface area contributed by atoms with Crippen molar-refractivity contribution >= 4 is 5.91 Å². The number of nitroso groups, excluding NO2 is 1. The lowest BCUT2D eigenvalue weighted by atomic mass is 9.90. The predicted molar refractivity (Wildman–Crippen MR) is 108 cm³/mol. The van der Waals surface area contributed by atoms with Gasteiger partial charge in [0.2, 0.25) is 5.91 Å². The molecule has 0 aliphatic rings. The Morgan fingerprint density at radius 2 is 1.32 bits per heavy atom. The fraction of sp³-hybridized carbons (Fsp3) is 0.952. The van der Waals surface area contributed by atoms with Gasteiger partial charge in [0.25, 0.3) is 0 Å². The summed E-state index contributed by atoms with van der Waals surface area (Å²) in [4.78, 5) is 21.4. The van der Waals surface area contributed by atoms with Crippen LogP contribution in [0.4, 0.5) is 0 Å². The van der Waals surface area contributed by atoms with Gasteiger partial charge in [-0.05, 0) is 12.3 Å². The summed E-state index contributed by atoms with van der Waals surface area (Å²) in [6.45, 7) is 5.13. The fourth-order valence-corrected chi connectivity index (χ4v) is 3.35. The standard InChI is InChI=1S/C21H42N2O2/c1-3-5-14-20(15-6-4-2)16-12-10-8-7-9-11-13-17-21(24)22-18-19-23-25/h20H,3-19H2,1-2H3,(H,22,24). The highest BCUT2D eigenvalue weighted by atomic mass is 16.3. The minimum absolute atomic E-state index is 0.0499. The van der Waals surface area contributed by atoms with Crippen molar-refractivity contribution < 1.29 is 4.79 Å². The number of nitrogens with zero attached hydrogens (tertiary/aromatic N) is 1. The minimum Gasteiger partial charge on any atom is -0.354 e. The Balaban J connectivity index is 3.43. The molecule has 0 aliphatic heterocycles. The van der Waals surface area contributed by atoms with Gasteiger partial charge in [0, 0.05) is 13.0 Å². The quantitative estimate of drug-likeness (QED) is 0.216. The summed E-state index contributed by atoms with van der Waals surface area (Å²) < 4.78 is 0. The predicted octanol–water partition coefficient (Wildman–Crippen LogP) is 6.38. The molecule has 0 saturated heterocycles. The third-order valence-electron chi connectivity index (χ3n) is 4.97. The molecule has 0 aromatic heterocycles.